The van der Waals surface area contributed by atoms with Crippen LogP contribution < -0.4 is 5.32 Å². The van der Waals surface area contributed by atoms with E-state index in [9.17, 15) is 9.59 Å². The van der Waals surface area contributed by atoms with Crippen LogP contribution in [-0.4, -0.2) is 44.5 Å². The van der Waals surface area contributed by atoms with Crippen LogP contribution in [0.25, 0.3) is 5.65 Å². The van der Waals surface area contributed by atoms with E-state index in [1.54, 1.807) is 4.90 Å². The number of imidazole rings is 1. The van der Waals surface area contributed by atoms with Gasteiger partial charge < -0.3 is 14.5 Å². The number of fused-ring (bicyclic) bond motifs is 1. The van der Waals surface area contributed by atoms with Crippen molar-refractivity contribution in [1.82, 2.24) is 19.6 Å². The first kappa shape index (κ1) is 19.2. The van der Waals surface area contributed by atoms with Crippen LogP contribution in [0, 0.1) is 6.92 Å². The SMILES string of the molecule is Cc1cccc2nc(CNC(=O)[C@@H]3CCCCN3C(=O)OC(C)(C)C)cn12. The number of nitrogens with zero attached hydrogens (tertiary/aromatic N) is 3. The minimum Gasteiger partial charge on any atom is -0.444 e. The number of aromatic nitrogens is 2. The number of hydrogen-bond donors (Lipinski definition) is 1. The predicted octanol–water partition coefficient (Wildman–Crippen LogP) is 3.05. The van der Waals surface area contributed by atoms with Crippen molar-refractivity contribution in [3.05, 3.63) is 35.8 Å². The molecular weight excluding hydrogens is 344 g/mol. The highest BCUT2D eigenvalue weighted by Crippen LogP contribution is 2.21. The van der Waals surface area contributed by atoms with Crippen LogP contribution in [0.5, 0.6) is 0 Å². The molecule has 1 aliphatic rings. The van der Waals surface area contributed by atoms with Crippen molar-refractivity contribution in [2.24, 2.45) is 0 Å². The van der Waals surface area contributed by atoms with E-state index < -0.39 is 17.7 Å². The Bertz CT molecular complexity index is 837. The molecule has 2 amide bonds. The van der Waals surface area contributed by atoms with Gasteiger partial charge in [0.15, 0.2) is 0 Å². The summed E-state index contributed by atoms with van der Waals surface area (Å²) in [6.07, 6.45) is 3.96. The van der Waals surface area contributed by atoms with E-state index in [0.717, 1.165) is 29.9 Å². The number of nitrogens with one attached hydrogen (secondary N) is 1. The maximum absolute atomic E-state index is 12.7. The Morgan fingerprint density at radius 2 is 2.07 bits per heavy atom. The summed E-state index contributed by atoms with van der Waals surface area (Å²) in [7, 11) is 0. The van der Waals surface area contributed by atoms with Gasteiger partial charge in [0.05, 0.1) is 12.2 Å². The van der Waals surface area contributed by atoms with Crippen molar-refractivity contribution in [1.29, 1.82) is 0 Å². The molecule has 146 valence electrons. The summed E-state index contributed by atoms with van der Waals surface area (Å²) in [5, 5.41) is 2.93. The number of hydrogen-bond acceptors (Lipinski definition) is 4. The fourth-order valence-electron chi connectivity index (χ4n) is 3.32. The van der Waals surface area contributed by atoms with Crippen molar-refractivity contribution in [2.75, 3.05) is 6.54 Å². The van der Waals surface area contributed by atoms with Gasteiger partial charge in [0, 0.05) is 18.4 Å². The number of likely N-dealkylation sites (tertiary alicyclic amines) is 1. The van der Waals surface area contributed by atoms with Crippen LogP contribution in [0.3, 0.4) is 0 Å². The number of carbonyl (C=O) groups is 2. The molecule has 0 radical (unpaired) electrons. The highest BCUT2D eigenvalue weighted by atomic mass is 16.6. The molecule has 7 nitrogen and oxygen atoms in total. The van der Waals surface area contributed by atoms with Crippen molar-refractivity contribution >= 4 is 17.6 Å². The molecule has 0 bridgehead atoms. The lowest BCUT2D eigenvalue weighted by Crippen LogP contribution is -2.53. The predicted molar refractivity (Wildman–Crippen MR) is 102 cm³/mol. The zero-order valence-electron chi connectivity index (χ0n) is 16.5. The molecule has 1 N–H and O–H groups in total. The van der Waals surface area contributed by atoms with Gasteiger partial charge >= 0.3 is 6.09 Å². The van der Waals surface area contributed by atoms with Gasteiger partial charge in [-0.05, 0) is 59.1 Å². The molecule has 7 heteroatoms. The molecule has 2 aromatic rings. The van der Waals surface area contributed by atoms with Gasteiger partial charge in [-0.1, -0.05) is 6.07 Å². The number of piperidine rings is 1. The van der Waals surface area contributed by atoms with Crippen molar-refractivity contribution in [2.45, 2.75) is 65.1 Å². The van der Waals surface area contributed by atoms with Gasteiger partial charge in [0.1, 0.15) is 17.3 Å². The number of aryl methyl sites for hydroxylation is 1. The largest absolute Gasteiger partial charge is 0.444 e. The van der Waals surface area contributed by atoms with Crippen molar-refractivity contribution in [3.8, 4) is 0 Å². The summed E-state index contributed by atoms with van der Waals surface area (Å²) in [5.74, 6) is -0.158. The van der Waals surface area contributed by atoms with E-state index in [4.69, 9.17) is 4.74 Å². The third kappa shape index (κ3) is 4.59. The average molecular weight is 372 g/mol. The first-order chi connectivity index (χ1) is 12.7. The molecule has 0 unspecified atom stereocenters. The van der Waals surface area contributed by atoms with E-state index >= 15 is 0 Å². The Balaban J connectivity index is 1.65. The lowest BCUT2D eigenvalue weighted by atomic mass is 10.0. The Morgan fingerprint density at radius 3 is 2.78 bits per heavy atom. The topological polar surface area (TPSA) is 75.9 Å². The van der Waals surface area contributed by atoms with Gasteiger partial charge in [-0.3, -0.25) is 9.69 Å². The Morgan fingerprint density at radius 1 is 1.30 bits per heavy atom. The molecule has 1 fully saturated rings. The molecule has 3 heterocycles. The fourth-order valence-corrected chi connectivity index (χ4v) is 3.32. The van der Waals surface area contributed by atoms with E-state index in [-0.39, 0.29) is 5.91 Å². The summed E-state index contributed by atoms with van der Waals surface area (Å²) < 4.78 is 7.46. The summed E-state index contributed by atoms with van der Waals surface area (Å²) in [5.41, 5.74) is 2.15. The van der Waals surface area contributed by atoms with Gasteiger partial charge in [-0.25, -0.2) is 9.78 Å². The van der Waals surface area contributed by atoms with Gasteiger partial charge in [-0.2, -0.15) is 0 Å². The smallest absolute Gasteiger partial charge is 0.410 e. The molecule has 27 heavy (non-hydrogen) atoms. The third-order valence-electron chi connectivity index (χ3n) is 4.62. The van der Waals surface area contributed by atoms with Crippen LogP contribution in [0.1, 0.15) is 51.4 Å². The zero-order valence-corrected chi connectivity index (χ0v) is 16.5. The molecule has 0 aromatic carbocycles. The minimum atomic E-state index is -0.579. The molecule has 0 aliphatic carbocycles. The lowest BCUT2D eigenvalue weighted by molar-refractivity contribution is -0.127. The van der Waals surface area contributed by atoms with Crippen molar-refractivity contribution < 1.29 is 14.3 Å². The number of pyridine rings is 1. The summed E-state index contributed by atoms with van der Waals surface area (Å²) in [4.78, 5) is 31.3. The zero-order chi connectivity index (χ0) is 19.6. The first-order valence-corrected chi connectivity index (χ1v) is 9.45. The summed E-state index contributed by atoms with van der Waals surface area (Å²) in [6, 6.07) is 5.41. The van der Waals surface area contributed by atoms with Gasteiger partial charge in [-0.15, -0.1) is 0 Å². The molecule has 1 saturated heterocycles. The second-order valence-electron chi connectivity index (χ2n) is 8.03. The second-order valence-corrected chi connectivity index (χ2v) is 8.03. The van der Waals surface area contributed by atoms with E-state index in [1.165, 1.54) is 0 Å². The van der Waals surface area contributed by atoms with E-state index in [2.05, 4.69) is 10.3 Å². The molecule has 3 rings (SSSR count). The molecular formula is C20H28N4O3. The lowest BCUT2D eigenvalue weighted by Gasteiger charge is -2.35. The monoisotopic (exact) mass is 372 g/mol. The molecule has 1 atom stereocenters. The van der Waals surface area contributed by atoms with E-state index in [1.807, 2.05) is 56.5 Å². The normalized spacial score (nSPS) is 17.8. The number of ether oxygens (including phenoxy) is 1. The molecule has 2 aromatic heterocycles. The van der Waals surface area contributed by atoms with Gasteiger partial charge in [0.25, 0.3) is 0 Å². The average Bonchev–Trinajstić information content (AvgIpc) is 3.03. The highest BCUT2D eigenvalue weighted by Gasteiger charge is 2.34. The Kier molecular flexibility index (Phi) is 5.39. The van der Waals surface area contributed by atoms with Crippen LogP contribution in [0.2, 0.25) is 0 Å². The second kappa shape index (κ2) is 7.58. The maximum atomic E-state index is 12.7. The fraction of sp³-hybridized carbons (Fsp3) is 0.550. The first-order valence-electron chi connectivity index (χ1n) is 9.45. The summed E-state index contributed by atoms with van der Waals surface area (Å²) in [6.45, 7) is 8.37. The Labute approximate surface area is 159 Å². The standard InChI is InChI=1S/C20H28N4O3/c1-14-8-7-10-17-22-15(13-24(14)17)12-21-18(25)16-9-5-6-11-23(16)19(26)27-20(2,3)4/h7-8,10,13,16H,5-6,9,11-12H2,1-4H3,(H,21,25)/t16-/m0/s1. The maximum Gasteiger partial charge on any atom is 0.410 e. The number of carbonyl (C=O) groups excluding carboxylic acids is 2. The van der Waals surface area contributed by atoms with Crippen molar-refractivity contribution in [3.63, 3.8) is 0 Å². The van der Waals surface area contributed by atoms with Crippen LogP contribution in [-0.2, 0) is 16.1 Å². The minimum absolute atomic E-state index is 0.158. The molecule has 0 spiro atoms. The van der Waals surface area contributed by atoms with Crippen LogP contribution >= 0.6 is 0 Å². The number of amides is 2. The van der Waals surface area contributed by atoms with Crippen LogP contribution in [0.15, 0.2) is 24.4 Å². The third-order valence-corrected chi connectivity index (χ3v) is 4.62. The quantitative estimate of drug-likeness (QED) is 0.898. The summed E-state index contributed by atoms with van der Waals surface area (Å²) >= 11 is 0. The van der Waals surface area contributed by atoms with Crippen LogP contribution in [0.4, 0.5) is 4.79 Å². The highest BCUT2D eigenvalue weighted by molar-refractivity contribution is 5.85. The molecule has 1 aliphatic heterocycles. The molecule has 0 saturated carbocycles. The number of rotatable bonds is 3. The van der Waals surface area contributed by atoms with Gasteiger partial charge in [0.2, 0.25) is 5.91 Å². The van der Waals surface area contributed by atoms with E-state index in [0.29, 0.717) is 19.5 Å². The Hall–Kier alpha value is -2.57.